The van der Waals surface area contributed by atoms with Crippen molar-refractivity contribution >= 4 is 21.7 Å². The fourth-order valence-electron chi connectivity index (χ4n) is 3.75. The molecule has 1 amide bonds. The summed E-state index contributed by atoms with van der Waals surface area (Å²) >= 11 is 0. The van der Waals surface area contributed by atoms with Crippen LogP contribution in [-0.2, 0) is 23.1 Å². The van der Waals surface area contributed by atoms with Crippen LogP contribution in [-0.4, -0.2) is 50.3 Å². The maximum Gasteiger partial charge on any atom is 0.390 e. The molecule has 36 heavy (non-hydrogen) atoms. The Morgan fingerprint density at radius 2 is 1.86 bits per heavy atom. The number of sulfonamides is 1. The van der Waals surface area contributed by atoms with Crippen molar-refractivity contribution in [1.29, 1.82) is 0 Å². The summed E-state index contributed by atoms with van der Waals surface area (Å²) in [5, 5.41) is 10.5. The average molecular weight is 527 g/mol. The van der Waals surface area contributed by atoms with Crippen molar-refractivity contribution in [2.45, 2.75) is 45.6 Å². The molecule has 0 spiro atoms. The van der Waals surface area contributed by atoms with Gasteiger partial charge in [0.05, 0.1) is 17.7 Å². The van der Waals surface area contributed by atoms with Gasteiger partial charge < -0.3 is 9.88 Å². The van der Waals surface area contributed by atoms with Crippen LogP contribution in [0.1, 0.15) is 47.8 Å². The lowest BCUT2D eigenvalue weighted by Gasteiger charge is -2.16. The Bertz CT molecular complexity index is 1410. The van der Waals surface area contributed by atoms with Crippen LogP contribution in [0.5, 0.6) is 0 Å². The number of hydrogen-bond acceptors (Lipinski definition) is 6. The molecule has 0 bridgehead atoms. The summed E-state index contributed by atoms with van der Waals surface area (Å²) in [5.74, 6) is -2.20. The monoisotopic (exact) mass is 526 g/mol. The van der Waals surface area contributed by atoms with Gasteiger partial charge in [-0.25, -0.2) is 17.8 Å². The van der Waals surface area contributed by atoms with Crippen molar-refractivity contribution < 1.29 is 30.8 Å². The van der Waals surface area contributed by atoms with Crippen LogP contribution in [0.25, 0.3) is 11.5 Å². The number of aromatic nitrogens is 4. The predicted octanol–water partition coefficient (Wildman–Crippen LogP) is 3.91. The molecule has 0 fully saturated rings. The maximum absolute atomic E-state index is 14.8. The van der Waals surface area contributed by atoms with Gasteiger partial charge in [-0.1, -0.05) is 6.07 Å². The molecule has 3 heterocycles. The molecule has 4 rings (SSSR count). The standard InChI is InChI=1S/C22H22F4N6O3S/c1-13(2)32-12-27-30-20(32)18-4-3-5-19(28-18)29-21(33)16-8-14-10-31(11-15(14)9-17(16)23)36(34,35)7-6-22(24,25)26/h3-5,8-9,12-13H,6-7,10-11H2,1-2H3,(H,28,29,33). The molecule has 0 saturated carbocycles. The highest BCUT2D eigenvalue weighted by Gasteiger charge is 2.35. The van der Waals surface area contributed by atoms with Crippen LogP contribution in [0.15, 0.2) is 36.7 Å². The van der Waals surface area contributed by atoms with E-state index in [0.717, 1.165) is 10.4 Å². The van der Waals surface area contributed by atoms with Crippen LogP contribution >= 0.6 is 0 Å². The molecule has 14 heteroatoms. The quantitative estimate of drug-likeness (QED) is 0.468. The van der Waals surface area contributed by atoms with Crippen molar-refractivity contribution in [3.05, 3.63) is 59.2 Å². The smallest absolute Gasteiger partial charge is 0.310 e. The summed E-state index contributed by atoms with van der Waals surface area (Å²) in [7, 11) is -4.22. The molecule has 9 nitrogen and oxygen atoms in total. The van der Waals surface area contributed by atoms with Gasteiger partial charge >= 0.3 is 6.18 Å². The number of pyridine rings is 1. The van der Waals surface area contributed by atoms with Gasteiger partial charge in [0.2, 0.25) is 10.0 Å². The van der Waals surface area contributed by atoms with Gasteiger partial charge in [-0.05, 0) is 49.2 Å². The van der Waals surface area contributed by atoms with E-state index in [9.17, 15) is 30.8 Å². The van der Waals surface area contributed by atoms with Crippen LogP contribution in [0.4, 0.5) is 23.4 Å². The number of carbonyl (C=O) groups excluding carboxylic acids is 1. The molecule has 1 N–H and O–H groups in total. The number of nitrogens with zero attached hydrogens (tertiary/aromatic N) is 5. The normalized spacial score (nSPS) is 14.3. The Morgan fingerprint density at radius 3 is 2.53 bits per heavy atom. The van der Waals surface area contributed by atoms with Crippen LogP contribution in [0.2, 0.25) is 0 Å². The second-order valence-electron chi connectivity index (χ2n) is 8.57. The third-order valence-electron chi connectivity index (χ3n) is 5.61. The fraction of sp³-hybridized carbons (Fsp3) is 0.364. The van der Waals surface area contributed by atoms with Gasteiger partial charge in [0.15, 0.2) is 5.82 Å². The molecule has 3 aromatic rings. The topological polar surface area (TPSA) is 110 Å². The van der Waals surface area contributed by atoms with Gasteiger partial charge in [-0.3, -0.25) is 4.79 Å². The third-order valence-corrected chi connectivity index (χ3v) is 7.38. The SMILES string of the molecule is CC(C)n1cnnc1-c1cccc(NC(=O)c2cc3c(cc2F)CN(S(=O)(=O)CCC(F)(F)F)C3)n1. The lowest BCUT2D eigenvalue weighted by molar-refractivity contribution is -0.130. The number of rotatable bonds is 7. The summed E-state index contributed by atoms with van der Waals surface area (Å²) in [6.45, 7) is 3.36. The first kappa shape index (κ1) is 25.7. The molecule has 1 aromatic carbocycles. The number of fused-ring (bicyclic) bond motifs is 1. The third kappa shape index (κ3) is 5.54. The maximum atomic E-state index is 14.8. The fourth-order valence-corrected chi connectivity index (χ4v) is 5.17. The van der Waals surface area contributed by atoms with E-state index in [1.54, 1.807) is 23.0 Å². The second kappa shape index (κ2) is 9.58. The molecular weight excluding hydrogens is 504 g/mol. The van der Waals surface area contributed by atoms with Crippen molar-refractivity contribution in [2.75, 3.05) is 11.1 Å². The molecule has 0 aliphatic carbocycles. The number of amides is 1. The predicted molar refractivity (Wildman–Crippen MR) is 122 cm³/mol. The van der Waals surface area contributed by atoms with E-state index in [1.807, 2.05) is 13.8 Å². The summed E-state index contributed by atoms with van der Waals surface area (Å²) in [6, 6.07) is 7.13. The molecule has 1 aliphatic heterocycles. The lowest BCUT2D eigenvalue weighted by Crippen LogP contribution is -2.30. The molecule has 0 atom stereocenters. The number of alkyl halides is 3. The molecule has 0 saturated heterocycles. The zero-order valence-corrected chi connectivity index (χ0v) is 20.1. The van der Waals surface area contributed by atoms with E-state index in [2.05, 4.69) is 20.5 Å². The van der Waals surface area contributed by atoms with E-state index in [1.165, 1.54) is 12.1 Å². The number of benzene rings is 1. The Labute approximate surface area is 204 Å². The Kier molecular flexibility index (Phi) is 6.84. The van der Waals surface area contributed by atoms with Gasteiger partial charge in [0.25, 0.3) is 5.91 Å². The van der Waals surface area contributed by atoms with Gasteiger partial charge in [0.1, 0.15) is 23.7 Å². The van der Waals surface area contributed by atoms with Crippen LogP contribution in [0, 0.1) is 5.82 Å². The number of nitrogens with one attached hydrogen (secondary N) is 1. The Hall–Kier alpha value is -3.39. The first-order valence-electron chi connectivity index (χ1n) is 10.9. The minimum absolute atomic E-state index is 0.0624. The van der Waals surface area contributed by atoms with Gasteiger partial charge in [-0.15, -0.1) is 10.2 Å². The van der Waals surface area contributed by atoms with Crippen molar-refractivity contribution in [3.8, 4) is 11.5 Å². The molecule has 0 radical (unpaired) electrons. The highest BCUT2D eigenvalue weighted by Crippen LogP contribution is 2.30. The van der Waals surface area contributed by atoms with Crippen molar-refractivity contribution in [2.24, 2.45) is 0 Å². The molecule has 2 aromatic heterocycles. The highest BCUT2D eigenvalue weighted by molar-refractivity contribution is 7.89. The van der Waals surface area contributed by atoms with Crippen molar-refractivity contribution in [3.63, 3.8) is 0 Å². The number of halogens is 4. The van der Waals surface area contributed by atoms with Crippen LogP contribution < -0.4 is 5.32 Å². The first-order valence-corrected chi connectivity index (χ1v) is 12.5. The van der Waals surface area contributed by atoms with E-state index >= 15 is 0 Å². The summed E-state index contributed by atoms with van der Waals surface area (Å²) in [6.07, 6.45) is -4.55. The van der Waals surface area contributed by atoms with E-state index < -0.39 is 40.1 Å². The molecule has 0 unspecified atom stereocenters. The first-order chi connectivity index (χ1) is 16.8. The molecule has 192 valence electrons. The number of anilines is 1. The zero-order chi connectivity index (χ0) is 26.3. The Balaban J connectivity index is 1.51. The summed E-state index contributed by atoms with van der Waals surface area (Å²) in [5.41, 5.74) is 0.714. The summed E-state index contributed by atoms with van der Waals surface area (Å²) in [4.78, 5) is 17.2. The largest absolute Gasteiger partial charge is 0.390 e. The van der Waals surface area contributed by atoms with E-state index in [-0.39, 0.29) is 36.1 Å². The van der Waals surface area contributed by atoms with Gasteiger partial charge in [0, 0.05) is 19.1 Å². The molecule has 1 aliphatic rings. The highest BCUT2D eigenvalue weighted by atomic mass is 32.2. The van der Waals surface area contributed by atoms with E-state index in [4.69, 9.17) is 0 Å². The van der Waals surface area contributed by atoms with Crippen molar-refractivity contribution in [1.82, 2.24) is 24.1 Å². The average Bonchev–Trinajstić information content (AvgIpc) is 3.44. The minimum atomic E-state index is -4.62. The Morgan fingerprint density at radius 1 is 1.17 bits per heavy atom. The van der Waals surface area contributed by atoms with E-state index in [0.29, 0.717) is 17.1 Å². The van der Waals surface area contributed by atoms with Crippen LogP contribution in [0.3, 0.4) is 0 Å². The zero-order valence-electron chi connectivity index (χ0n) is 19.3. The number of carbonyl (C=O) groups is 1. The van der Waals surface area contributed by atoms with Gasteiger partial charge in [-0.2, -0.15) is 17.5 Å². The summed E-state index contributed by atoms with van der Waals surface area (Å²) < 4.78 is 79.5. The molecular formula is C22H22F4N6O3S. The second-order valence-corrected chi connectivity index (χ2v) is 10.7. The lowest BCUT2D eigenvalue weighted by atomic mass is 10.1. The number of hydrogen-bond donors (Lipinski definition) is 1. The minimum Gasteiger partial charge on any atom is -0.310 e.